The Morgan fingerprint density at radius 2 is 2.27 bits per heavy atom. The molecule has 0 aromatic heterocycles. The molecule has 3 atom stereocenters. The predicted octanol–water partition coefficient (Wildman–Crippen LogP) is 1.95. The Kier molecular flexibility index (Phi) is 5.03. The highest BCUT2D eigenvalue weighted by Gasteiger charge is 2.36. The zero-order valence-electron chi connectivity index (χ0n) is 10.3. The summed E-state index contributed by atoms with van der Waals surface area (Å²) in [5.41, 5.74) is 6.12. The molecule has 1 aliphatic heterocycles. The zero-order valence-corrected chi connectivity index (χ0v) is 10.3. The standard InChI is InChI=1S/C12H25NO2/c1-4-12(3,15-5-2)11(13)10-7-6-8-14-9-10/h10-11H,4-9,13H2,1-3H3. The monoisotopic (exact) mass is 215 g/mol. The second-order valence-electron chi connectivity index (χ2n) is 4.60. The third-order valence-corrected chi connectivity index (χ3v) is 3.58. The molecule has 0 aromatic rings. The van der Waals surface area contributed by atoms with E-state index in [1.807, 2.05) is 6.92 Å². The van der Waals surface area contributed by atoms with Gasteiger partial charge < -0.3 is 15.2 Å². The lowest BCUT2D eigenvalue weighted by molar-refractivity contribution is -0.0772. The molecule has 3 heteroatoms. The van der Waals surface area contributed by atoms with Crippen LogP contribution in [0.25, 0.3) is 0 Å². The summed E-state index contributed by atoms with van der Waals surface area (Å²) in [7, 11) is 0. The van der Waals surface area contributed by atoms with Crippen LogP contribution in [0.2, 0.25) is 0 Å². The van der Waals surface area contributed by atoms with Gasteiger partial charge in [0.2, 0.25) is 0 Å². The van der Waals surface area contributed by atoms with E-state index in [4.69, 9.17) is 15.2 Å². The fourth-order valence-electron chi connectivity index (χ4n) is 2.31. The first-order valence-electron chi connectivity index (χ1n) is 6.11. The van der Waals surface area contributed by atoms with E-state index in [0.717, 1.165) is 32.7 Å². The van der Waals surface area contributed by atoms with Crippen LogP contribution in [0.3, 0.4) is 0 Å². The van der Waals surface area contributed by atoms with Gasteiger partial charge in [0, 0.05) is 25.2 Å². The third kappa shape index (κ3) is 3.16. The molecule has 2 N–H and O–H groups in total. The Bertz CT molecular complexity index is 180. The molecule has 0 amide bonds. The van der Waals surface area contributed by atoms with E-state index in [1.54, 1.807) is 0 Å². The van der Waals surface area contributed by atoms with Crippen LogP contribution in [0.4, 0.5) is 0 Å². The average Bonchev–Trinajstić information content (AvgIpc) is 2.29. The predicted molar refractivity (Wildman–Crippen MR) is 61.8 cm³/mol. The van der Waals surface area contributed by atoms with Crippen molar-refractivity contribution in [3.63, 3.8) is 0 Å². The van der Waals surface area contributed by atoms with Gasteiger partial charge in [-0.2, -0.15) is 0 Å². The fourth-order valence-corrected chi connectivity index (χ4v) is 2.31. The van der Waals surface area contributed by atoms with Crippen molar-refractivity contribution >= 4 is 0 Å². The molecule has 1 rings (SSSR count). The van der Waals surface area contributed by atoms with E-state index in [2.05, 4.69) is 13.8 Å². The summed E-state index contributed by atoms with van der Waals surface area (Å²) in [6.07, 6.45) is 3.26. The lowest BCUT2D eigenvalue weighted by atomic mass is 9.81. The minimum absolute atomic E-state index is 0.0859. The van der Waals surface area contributed by atoms with E-state index in [1.165, 1.54) is 6.42 Å². The molecule has 0 aliphatic carbocycles. The third-order valence-electron chi connectivity index (χ3n) is 3.58. The maximum atomic E-state index is 6.32. The largest absolute Gasteiger partial charge is 0.381 e. The highest BCUT2D eigenvalue weighted by Crippen LogP contribution is 2.28. The van der Waals surface area contributed by atoms with Gasteiger partial charge in [-0.1, -0.05) is 6.92 Å². The van der Waals surface area contributed by atoms with Crippen molar-refractivity contribution in [3.05, 3.63) is 0 Å². The summed E-state index contributed by atoms with van der Waals surface area (Å²) < 4.78 is 11.3. The summed E-state index contributed by atoms with van der Waals surface area (Å²) in [4.78, 5) is 0. The van der Waals surface area contributed by atoms with Gasteiger partial charge in [0.05, 0.1) is 12.2 Å². The van der Waals surface area contributed by atoms with E-state index in [9.17, 15) is 0 Å². The normalized spacial score (nSPS) is 28.4. The van der Waals surface area contributed by atoms with Crippen LogP contribution in [-0.2, 0) is 9.47 Å². The highest BCUT2D eigenvalue weighted by atomic mass is 16.5. The van der Waals surface area contributed by atoms with Gasteiger partial charge >= 0.3 is 0 Å². The average molecular weight is 215 g/mol. The van der Waals surface area contributed by atoms with Crippen LogP contribution in [0, 0.1) is 5.92 Å². The molecular weight excluding hydrogens is 190 g/mol. The molecular formula is C12H25NO2. The quantitative estimate of drug-likeness (QED) is 0.762. The van der Waals surface area contributed by atoms with Crippen LogP contribution in [-0.4, -0.2) is 31.5 Å². The molecule has 0 bridgehead atoms. The Labute approximate surface area is 93.3 Å². The van der Waals surface area contributed by atoms with Gasteiger partial charge in [0.15, 0.2) is 0 Å². The van der Waals surface area contributed by atoms with Crippen molar-refractivity contribution in [2.75, 3.05) is 19.8 Å². The molecule has 0 radical (unpaired) electrons. The summed E-state index contributed by atoms with van der Waals surface area (Å²) >= 11 is 0. The van der Waals surface area contributed by atoms with E-state index < -0.39 is 0 Å². The van der Waals surface area contributed by atoms with Crippen LogP contribution in [0.1, 0.15) is 40.0 Å². The lowest BCUT2D eigenvalue weighted by Gasteiger charge is -2.40. The number of ether oxygens (including phenoxy) is 2. The minimum atomic E-state index is -0.194. The molecule has 0 spiro atoms. The number of hydrogen-bond acceptors (Lipinski definition) is 3. The smallest absolute Gasteiger partial charge is 0.0805 e. The lowest BCUT2D eigenvalue weighted by Crippen LogP contribution is -2.53. The van der Waals surface area contributed by atoms with Crippen molar-refractivity contribution in [2.45, 2.75) is 51.7 Å². The molecule has 3 nitrogen and oxygen atoms in total. The maximum absolute atomic E-state index is 6.32. The minimum Gasteiger partial charge on any atom is -0.381 e. The Morgan fingerprint density at radius 3 is 2.73 bits per heavy atom. The van der Waals surface area contributed by atoms with Gasteiger partial charge in [-0.3, -0.25) is 0 Å². The molecule has 1 heterocycles. The van der Waals surface area contributed by atoms with Gasteiger partial charge in [-0.05, 0) is 33.1 Å². The van der Waals surface area contributed by atoms with Crippen LogP contribution >= 0.6 is 0 Å². The Balaban J connectivity index is 2.57. The number of nitrogens with two attached hydrogens (primary N) is 1. The highest BCUT2D eigenvalue weighted by molar-refractivity contribution is 4.91. The molecule has 1 aliphatic rings. The Morgan fingerprint density at radius 1 is 1.53 bits per heavy atom. The van der Waals surface area contributed by atoms with Gasteiger partial charge in [0.1, 0.15) is 0 Å². The van der Waals surface area contributed by atoms with E-state index in [-0.39, 0.29) is 11.6 Å². The van der Waals surface area contributed by atoms with Crippen molar-refractivity contribution in [1.82, 2.24) is 0 Å². The molecule has 15 heavy (non-hydrogen) atoms. The maximum Gasteiger partial charge on any atom is 0.0805 e. The first-order chi connectivity index (χ1) is 7.14. The van der Waals surface area contributed by atoms with Crippen LogP contribution in [0.15, 0.2) is 0 Å². The van der Waals surface area contributed by atoms with Crippen molar-refractivity contribution < 1.29 is 9.47 Å². The Hall–Kier alpha value is -0.120. The molecule has 0 aromatic carbocycles. The number of rotatable bonds is 5. The zero-order chi connectivity index (χ0) is 11.3. The van der Waals surface area contributed by atoms with Crippen molar-refractivity contribution in [3.8, 4) is 0 Å². The first kappa shape index (κ1) is 12.9. The van der Waals surface area contributed by atoms with Crippen molar-refractivity contribution in [2.24, 2.45) is 11.7 Å². The van der Waals surface area contributed by atoms with Gasteiger partial charge in [-0.25, -0.2) is 0 Å². The number of hydrogen-bond donors (Lipinski definition) is 1. The molecule has 90 valence electrons. The van der Waals surface area contributed by atoms with Crippen LogP contribution < -0.4 is 5.73 Å². The van der Waals surface area contributed by atoms with Crippen LogP contribution in [0.5, 0.6) is 0 Å². The summed E-state index contributed by atoms with van der Waals surface area (Å²) in [5, 5.41) is 0. The second-order valence-corrected chi connectivity index (χ2v) is 4.60. The van der Waals surface area contributed by atoms with Gasteiger partial charge in [0.25, 0.3) is 0 Å². The summed E-state index contributed by atoms with van der Waals surface area (Å²) in [6.45, 7) is 8.70. The fraction of sp³-hybridized carbons (Fsp3) is 1.00. The molecule has 1 fully saturated rings. The molecule has 0 saturated carbocycles. The topological polar surface area (TPSA) is 44.5 Å². The summed E-state index contributed by atoms with van der Waals surface area (Å²) in [5.74, 6) is 0.454. The first-order valence-corrected chi connectivity index (χ1v) is 6.11. The second kappa shape index (κ2) is 5.83. The van der Waals surface area contributed by atoms with Crippen molar-refractivity contribution in [1.29, 1.82) is 0 Å². The SMILES string of the molecule is CCOC(C)(CC)C(N)C1CCCOC1. The molecule has 1 saturated heterocycles. The molecule has 3 unspecified atom stereocenters. The van der Waals surface area contributed by atoms with Gasteiger partial charge in [-0.15, -0.1) is 0 Å². The van der Waals surface area contributed by atoms with E-state index in [0.29, 0.717) is 5.92 Å². The summed E-state index contributed by atoms with van der Waals surface area (Å²) in [6, 6.07) is 0.0859. The van der Waals surface area contributed by atoms with E-state index >= 15 is 0 Å².